The molecule has 0 bridgehead atoms. The van der Waals surface area contributed by atoms with E-state index in [4.69, 9.17) is 25.5 Å². The van der Waals surface area contributed by atoms with Crippen molar-refractivity contribution in [3.05, 3.63) is 0 Å². The molecule has 7 heteroatoms. The second-order valence-corrected chi connectivity index (χ2v) is 3.03. The van der Waals surface area contributed by atoms with Crippen LogP contribution >= 0.6 is 15.9 Å². The van der Waals surface area contributed by atoms with Crippen LogP contribution in [-0.2, 0) is 4.79 Å². The highest BCUT2D eigenvalue weighted by Crippen LogP contribution is 2.21. The van der Waals surface area contributed by atoms with E-state index in [0.717, 1.165) is 0 Å². The summed E-state index contributed by atoms with van der Waals surface area (Å²) in [7, 11) is 0. The van der Waals surface area contributed by atoms with Crippen LogP contribution in [0, 0.1) is 0 Å². The maximum absolute atomic E-state index is 10.1. The fraction of sp³-hybridized carbons (Fsp3) is 0.800. The summed E-state index contributed by atoms with van der Waals surface area (Å²) < 4.78 is 0. The maximum atomic E-state index is 10.1. The summed E-state index contributed by atoms with van der Waals surface area (Å²) >= 11 is 2.79. The first-order valence-electron chi connectivity index (χ1n) is 2.94. The van der Waals surface area contributed by atoms with Gasteiger partial charge in [-0.3, -0.25) is 0 Å². The normalized spacial score (nSPS) is 13.1. The Bertz CT molecular complexity index is 177. The van der Waals surface area contributed by atoms with Gasteiger partial charge in [-0.05, 0) is 0 Å². The van der Waals surface area contributed by atoms with Gasteiger partial charge in [-0.1, -0.05) is 15.9 Å². The van der Waals surface area contributed by atoms with Crippen molar-refractivity contribution in [3.8, 4) is 0 Å². The third-order valence-corrected chi connectivity index (χ3v) is 1.70. The van der Waals surface area contributed by atoms with Gasteiger partial charge in [0, 0.05) is 11.8 Å². The molecule has 0 aromatic carbocycles. The smallest absolute Gasteiger partial charge is 0.370 e. The minimum Gasteiger partial charge on any atom is -0.477 e. The quantitative estimate of drug-likeness (QED) is 0.295. The second-order valence-electron chi connectivity index (χ2n) is 2.23. The molecule has 0 fully saturated rings. The van der Waals surface area contributed by atoms with E-state index in [9.17, 15) is 4.79 Å². The largest absolute Gasteiger partial charge is 0.477 e. The minimum absolute atomic E-state index is 0.0240. The first-order chi connectivity index (χ1) is 5.25. The van der Waals surface area contributed by atoms with E-state index in [1.165, 1.54) is 0 Å². The molecule has 0 aromatic heterocycles. The number of hydrogen-bond acceptors (Lipinski definition) is 5. The number of carboxylic acids is 1. The van der Waals surface area contributed by atoms with Crippen molar-refractivity contribution < 1.29 is 30.3 Å². The topological polar surface area (TPSA) is 118 Å². The molecule has 0 spiro atoms. The molecule has 0 rings (SSSR count). The molecule has 0 aromatic rings. The molecular formula is C5H9BrO6. The lowest BCUT2D eigenvalue weighted by molar-refractivity contribution is -0.344. The summed E-state index contributed by atoms with van der Waals surface area (Å²) in [6, 6.07) is 0. The molecule has 72 valence electrons. The van der Waals surface area contributed by atoms with E-state index >= 15 is 0 Å². The Hall–Kier alpha value is -0.210. The lowest BCUT2D eigenvalue weighted by Crippen LogP contribution is -2.59. The van der Waals surface area contributed by atoms with E-state index in [-0.39, 0.29) is 5.33 Å². The maximum Gasteiger partial charge on any atom is 0.370 e. The van der Waals surface area contributed by atoms with E-state index in [0.29, 0.717) is 0 Å². The van der Waals surface area contributed by atoms with Gasteiger partial charge in [0.05, 0.1) is 0 Å². The van der Waals surface area contributed by atoms with Crippen molar-refractivity contribution in [1.29, 1.82) is 0 Å². The average molecular weight is 245 g/mol. The monoisotopic (exact) mass is 244 g/mol. The number of aliphatic carboxylic acids is 1. The van der Waals surface area contributed by atoms with Gasteiger partial charge >= 0.3 is 11.8 Å². The number of carboxylic acid groups (broad SMARTS) is 1. The van der Waals surface area contributed by atoms with Crippen LogP contribution < -0.4 is 0 Å². The first kappa shape index (κ1) is 11.8. The van der Waals surface area contributed by atoms with E-state index < -0.39 is 24.0 Å². The van der Waals surface area contributed by atoms with Crippen LogP contribution in [-0.4, -0.2) is 48.4 Å². The van der Waals surface area contributed by atoms with E-state index in [1.54, 1.807) is 0 Å². The Balaban J connectivity index is 4.62. The molecular weight excluding hydrogens is 236 g/mol. The van der Waals surface area contributed by atoms with Crippen molar-refractivity contribution in [2.45, 2.75) is 18.0 Å². The molecule has 6 nitrogen and oxygen atoms in total. The Labute approximate surface area is 76.2 Å². The summed E-state index contributed by atoms with van der Waals surface area (Å²) in [6.45, 7) is 0. The van der Waals surface area contributed by atoms with Gasteiger partial charge in [-0.2, -0.15) is 0 Å². The number of halogens is 1. The molecule has 0 atom stereocenters. The highest BCUT2D eigenvalue weighted by atomic mass is 79.9. The predicted molar refractivity (Wildman–Crippen MR) is 40.4 cm³/mol. The standard InChI is InChI=1S/C5H9BrO6/c6-2-1-4(9,10)5(11,12)3(7)8/h9-12H,1-2H2,(H,7,8). The summed E-state index contributed by atoms with van der Waals surface area (Å²) in [5.41, 5.74) is 0. The number of aliphatic hydroxyl groups is 4. The van der Waals surface area contributed by atoms with Gasteiger partial charge in [0.1, 0.15) is 0 Å². The fourth-order valence-electron chi connectivity index (χ4n) is 0.477. The lowest BCUT2D eigenvalue weighted by Gasteiger charge is -2.30. The van der Waals surface area contributed by atoms with Crippen molar-refractivity contribution in [3.63, 3.8) is 0 Å². The van der Waals surface area contributed by atoms with Crippen LogP contribution in [0.3, 0.4) is 0 Å². The summed E-state index contributed by atoms with van der Waals surface area (Å²) in [5, 5.41) is 43.3. The zero-order valence-corrected chi connectivity index (χ0v) is 7.52. The molecule has 0 aliphatic carbocycles. The predicted octanol–water partition coefficient (Wildman–Crippen LogP) is -1.78. The molecule has 5 N–H and O–H groups in total. The van der Waals surface area contributed by atoms with Crippen molar-refractivity contribution in [1.82, 2.24) is 0 Å². The second kappa shape index (κ2) is 3.67. The van der Waals surface area contributed by atoms with Gasteiger partial charge in [0.15, 0.2) is 0 Å². The van der Waals surface area contributed by atoms with Crippen LogP contribution in [0.15, 0.2) is 0 Å². The molecule has 0 saturated carbocycles. The van der Waals surface area contributed by atoms with Gasteiger partial charge in [0.2, 0.25) is 5.79 Å². The number of hydrogen-bond donors (Lipinski definition) is 5. The molecule has 0 saturated heterocycles. The van der Waals surface area contributed by atoms with Crippen molar-refractivity contribution in [2.24, 2.45) is 0 Å². The zero-order chi connectivity index (χ0) is 9.99. The summed E-state index contributed by atoms with van der Waals surface area (Å²) in [6.07, 6.45) is -0.522. The number of rotatable bonds is 4. The van der Waals surface area contributed by atoms with E-state index in [1.807, 2.05) is 0 Å². The van der Waals surface area contributed by atoms with Crippen LogP contribution in [0.5, 0.6) is 0 Å². The first-order valence-corrected chi connectivity index (χ1v) is 4.06. The van der Waals surface area contributed by atoms with Crippen molar-refractivity contribution in [2.75, 3.05) is 5.33 Å². The Kier molecular flexibility index (Phi) is 3.60. The van der Waals surface area contributed by atoms with Gasteiger partial charge in [-0.25, -0.2) is 4.79 Å². The van der Waals surface area contributed by atoms with Gasteiger partial charge in [0.25, 0.3) is 0 Å². The fourth-order valence-corrected chi connectivity index (χ4v) is 1.03. The minimum atomic E-state index is -3.55. The Morgan fingerprint density at radius 2 is 1.67 bits per heavy atom. The zero-order valence-electron chi connectivity index (χ0n) is 5.94. The van der Waals surface area contributed by atoms with Crippen LogP contribution in [0.25, 0.3) is 0 Å². The number of alkyl halides is 1. The van der Waals surface area contributed by atoms with Crippen molar-refractivity contribution >= 4 is 21.9 Å². The Morgan fingerprint density at radius 3 is 1.92 bits per heavy atom. The summed E-state index contributed by atoms with van der Waals surface area (Å²) in [4.78, 5) is 10.1. The molecule has 0 aliphatic heterocycles. The number of carbonyl (C=O) groups is 1. The van der Waals surface area contributed by atoms with Gasteiger partial charge in [-0.15, -0.1) is 0 Å². The molecule has 0 unspecified atom stereocenters. The molecule has 0 amide bonds. The van der Waals surface area contributed by atoms with E-state index in [2.05, 4.69) is 15.9 Å². The molecule has 12 heavy (non-hydrogen) atoms. The average Bonchev–Trinajstić information content (AvgIpc) is 1.86. The Morgan fingerprint density at radius 1 is 1.25 bits per heavy atom. The van der Waals surface area contributed by atoms with Crippen LogP contribution in [0.1, 0.15) is 6.42 Å². The summed E-state index contributed by atoms with van der Waals surface area (Å²) in [5.74, 6) is -8.74. The third-order valence-electron chi connectivity index (χ3n) is 1.30. The highest BCUT2D eigenvalue weighted by Gasteiger charge is 2.53. The van der Waals surface area contributed by atoms with Crippen LogP contribution in [0.2, 0.25) is 0 Å². The lowest BCUT2D eigenvalue weighted by atomic mass is 10.0. The third kappa shape index (κ3) is 2.14. The highest BCUT2D eigenvalue weighted by molar-refractivity contribution is 9.09. The molecule has 0 heterocycles. The molecule has 0 aliphatic rings. The van der Waals surface area contributed by atoms with Crippen LogP contribution in [0.4, 0.5) is 0 Å². The SMILES string of the molecule is O=C(O)C(O)(O)C(O)(O)CCBr. The molecule has 0 radical (unpaired) electrons. The van der Waals surface area contributed by atoms with Gasteiger partial charge < -0.3 is 25.5 Å².